The molecule has 0 aliphatic carbocycles. The van der Waals surface area contributed by atoms with Gasteiger partial charge in [-0.2, -0.15) is 0 Å². The number of hydrogen-bond acceptors (Lipinski definition) is 4. The Hall–Kier alpha value is -1.93. The van der Waals surface area contributed by atoms with Crippen molar-refractivity contribution in [2.24, 2.45) is 0 Å². The third-order valence-electron chi connectivity index (χ3n) is 3.30. The van der Waals surface area contributed by atoms with Gasteiger partial charge in [-0.05, 0) is 36.2 Å². The number of sulfonamides is 1. The Morgan fingerprint density at radius 2 is 1.78 bits per heavy atom. The molecule has 0 atom stereocenters. The van der Waals surface area contributed by atoms with E-state index in [1.54, 1.807) is 30.3 Å². The number of benzene rings is 2. The molecule has 0 amide bonds. The van der Waals surface area contributed by atoms with Crippen molar-refractivity contribution in [1.82, 2.24) is 0 Å². The van der Waals surface area contributed by atoms with Gasteiger partial charge in [-0.3, -0.25) is 14.4 Å². The Balaban J connectivity index is 2.36. The van der Waals surface area contributed by atoms with Crippen molar-refractivity contribution in [3.8, 4) is 0 Å². The quantitative estimate of drug-likeness (QED) is 0.568. The fraction of sp³-hybridized carbons (Fsp3) is 0.200. The highest BCUT2D eigenvalue weighted by atomic mass is 79.9. The highest BCUT2D eigenvalue weighted by Crippen LogP contribution is 2.26. The molecule has 2 aromatic carbocycles. The lowest BCUT2D eigenvalue weighted by molar-refractivity contribution is -0.384. The highest BCUT2D eigenvalue weighted by molar-refractivity contribution is 9.10. The zero-order chi connectivity index (χ0) is 17.2. The van der Waals surface area contributed by atoms with Crippen LogP contribution in [0.4, 0.5) is 11.4 Å². The number of aryl methyl sites for hydroxylation is 1. The summed E-state index contributed by atoms with van der Waals surface area (Å²) in [7, 11) is -3.49. The van der Waals surface area contributed by atoms with E-state index in [9.17, 15) is 18.5 Å². The molecule has 0 saturated carbocycles. The fourth-order valence-corrected chi connectivity index (χ4v) is 3.20. The predicted molar refractivity (Wildman–Crippen MR) is 93.0 cm³/mol. The summed E-state index contributed by atoms with van der Waals surface area (Å²) in [4.78, 5) is 10.2. The Morgan fingerprint density at radius 1 is 1.17 bits per heavy atom. The number of nitrogens with zero attached hydrogens (tertiary/aromatic N) is 2. The molecule has 0 unspecified atom stereocenters. The molecule has 0 aliphatic heterocycles. The van der Waals surface area contributed by atoms with Crippen molar-refractivity contribution in [2.45, 2.75) is 13.5 Å². The van der Waals surface area contributed by atoms with E-state index < -0.39 is 14.9 Å². The lowest BCUT2D eigenvalue weighted by atomic mass is 10.2. The molecule has 0 fully saturated rings. The maximum absolute atomic E-state index is 12.1. The van der Waals surface area contributed by atoms with Crippen molar-refractivity contribution in [3.63, 3.8) is 0 Å². The van der Waals surface area contributed by atoms with Gasteiger partial charge in [0.05, 0.1) is 23.4 Å². The zero-order valence-electron chi connectivity index (χ0n) is 12.6. The van der Waals surface area contributed by atoms with Gasteiger partial charge in [0, 0.05) is 16.6 Å². The molecule has 2 rings (SSSR count). The summed E-state index contributed by atoms with van der Waals surface area (Å²) in [5.74, 6) is 0. The Kier molecular flexibility index (Phi) is 5.06. The lowest BCUT2D eigenvalue weighted by Crippen LogP contribution is -2.29. The van der Waals surface area contributed by atoms with E-state index in [1.807, 2.05) is 6.92 Å². The van der Waals surface area contributed by atoms with E-state index in [4.69, 9.17) is 0 Å². The van der Waals surface area contributed by atoms with Gasteiger partial charge in [0.15, 0.2) is 0 Å². The average molecular weight is 399 g/mol. The molecule has 0 aliphatic rings. The van der Waals surface area contributed by atoms with Gasteiger partial charge >= 0.3 is 0 Å². The first-order valence-corrected chi connectivity index (χ1v) is 9.30. The van der Waals surface area contributed by atoms with Gasteiger partial charge in [0.1, 0.15) is 0 Å². The van der Waals surface area contributed by atoms with Crippen molar-refractivity contribution < 1.29 is 13.3 Å². The van der Waals surface area contributed by atoms with Crippen LogP contribution >= 0.6 is 15.9 Å². The maximum Gasteiger partial charge on any atom is 0.269 e. The van der Waals surface area contributed by atoms with Crippen molar-refractivity contribution in [3.05, 3.63) is 68.2 Å². The van der Waals surface area contributed by atoms with E-state index in [2.05, 4.69) is 15.9 Å². The summed E-state index contributed by atoms with van der Waals surface area (Å²) in [6.07, 6.45) is 1.13. The first-order chi connectivity index (χ1) is 10.7. The van der Waals surface area contributed by atoms with Crippen molar-refractivity contribution >= 4 is 37.3 Å². The molecular formula is C15H15BrN2O4S. The standard InChI is InChI=1S/C15H15BrN2O4S/c1-11-9-14(7-8-15(11)16)17(23(2,21)22)10-12-3-5-13(6-4-12)18(19)20/h3-9H,10H2,1-2H3. The topological polar surface area (TPSA) is 80.5 Å². The van der Waals surface area contributed by atoms with Crippen molar-refractivity contribution in [2.75, 3.05) is 10.6 Å². The van der Waals surface area contributed by atoms with Gasteiger partial charge < -0.3 is 0 Å². The molecule has 0 spiro atoms. The normalized spacial score (nSPS) is 11.3. The second-order valence-electron chi connectivity index (χ2n) is 5.13. The molecule has 0 radical (unpaired) electrons. The van der Waals surface area contributed by atoms with Crippen LogP contribution in [0.2, 0.25) is 0 Å². The minimum absolute atomic E-state index is 0.0286. The van der Waals surface area contributed by atoms with Crippen LogP contribution in [0.5, 0.6) is 0 Å². The molecule has 0 N–H and O–H groups in total. The molecule has 8 heteroatoms. The van der Waals surface area contributed by atoms with Gasteiger partial charge in [-0.25, -0.2) is 8.42 Å². The summed E-state index contributed by atoms with van der Waals surface area (Å²) < 4.78 is 26.4. The Morgan fingerprint density at radius 3 is 2.26 bits per heavy atom. The van der Waals surface area contributed by atoms with E-state index in [0.29, 0.717) is 11.3 Å². The fourth-order valence-electron chi connectivity index (χ4n) is 2.07. The first-order valence-electron chi connectivity index (χ1n) is 6.65. The van der Waals surface area contributed by atoms with Crippen LogP contribution in [-0.2, 0) is 16.6 Å². The molecule has 2 aromatic rings. The number of hydrogen-bond donors (Lipinski definition) is 0. The smallest absolute Gasteiger partial charge is 0.266 e. The van der Waals surface area contributed by atoms with Gasteiger partial charge in [-0.1, -0.05) is 28.1 Å². The summed E-state index contributed by atoms with van der Waals surface area (Å²) in [5.41, 5.74) is 2.10. The van der Waals surface area contributed by atoms with Crippen LogP contribution in [0.15, 0.2) is 46.9 Å². The van der Waals surface area contributed by atoms with Crippen molar-refractivity contribution in [1.29, 1.82) is 0 Å². The SMILES string of the molecule is Cc1cc(N(Cc2ccc([N+](=O)[O-])cc2)S(C)(=O)=O)ccc1Br. The van der Waals surface area contributed by atoms with Gasteiger partial charge in [-0.15, -0.1) is 0 Å². The minimum Gasteiger partial charge on any atom is -0.266 e. The van der Waals surface area contributed by atoms with Crippen LogP contribution < -0.4 is 4.31 Å². The number of nitro groups is 1. The molecular weight excluding hydrogens is 384 g/mol. The summed E-state index contributed by atoms with van der Waals surface area (Å²) >= 11 is 3.39. The monoisotopic (exact) mass is 398 g/mol. The molecule has 0 bridgehead atoms. The summed E-state index contributed by atoms with van der Waals surface area (Å²) in [6.45, 7) is 1.98. The van der Waals surface area contributed by atoms with Crippen LogP contribution in [0.25, 0.3) is 0 Å². The van der Waals surface area contributed by atoms with Crippen LogP contribution in [0.1, 0.15) is 11.1 Å². The van der Waals surface area contributed by atoms with Gasteiger partial charge in [0.2, 0.25) is 10.0 Å². The van der Waals surface area contributed by atoms with Crippen LogP contribution in [-0.4, -0.2) is 19.6 Å². The summed E-state index contributed by atoms with van der Waals surface area (Å²) in [5, 5.41) is 10.7. The second kappa shape index (κ2) is 6.67. The molecule has 0 aromatic heterocycles. The third-order valence-corrected chi connectivity index (χ3v) is 5.33. The lowest BCUT2D eigenvalue weighted by Gasteiger charge is -2.23. The number of nitro benzene ring substituents is 1. The van der Waals surface area contributed by atoms with Gasteiger partial charge in [0.25, 0.3) is 5.69 Å². The number of rotatable bonds is 5. The number of non-ortho nitro benzene ring substituents is 1. The second-order valence-corrected chi connectivity index (χ2v) is 7.89. The Bertz CT molecular complexity index is 835. The van der Waals surface area contributed by atoms with Crippen LogP contribution in [0.3, 0.4) is 0 Å². The maximum atomic E-state index is 12.1. The van der Waals surface area contributed by atoms with Crippen LogP contribution in [0, 0.1) is 17.0 Å². The third kappa shape index (κ3) is 4.29. The predicted octanol–water partition coefficient (Wildman–Crippen LogP) is 3.63. The molecule has 6 nitrogen and oxygen atoms in total. The van der Waals surface area contributed by atoms with E-state index in [-0.39, 0.29) is 12.2 Å². The molecule has 0 heterocycles. The average Bonchev–Trinajstić information content (AvgIpc) is 2.47. The van der Waals surface area contributed by atoms with E-state index in [0.717, 1.165) is 16.3 Å². The zero-order valence-corrected chi connectivity index (χ0v) is 15.0. The highest BCUT2D eigenvalue weighted by Gasteiger charge is 2.19. The first kappa shape index (κ1) is 17.4. The van der Waals surface area contributed by atoms with E-state index >= 15 is 0 Å². The molecule has 0 saturated heterocycles. The molecule has 122 valence electrons. The number of anilines is 1. The number of halogens is 1. The molecule has 23 heavy (non-hydrogen) atoms. The van der Waals surface area contributed by atoms with E-state index in [1.165, 1.54) is 16.4 Å². The minimum atomic E-state index is -3.49. The largest absolute Gasteiger partial charge is 0.269 e. The Labute approximate surface area is 143 Å². The summed E-state index contributed by atoms with van der Waals surface area (Å²) in [6, 6.07) is 11.1.